The van der Waals surface area contributed by atoms with Gasteiger partial charge in [-0.2, -0.15) is 0 Å². The van der Waals surface area contributed by atoms with Crippen molar-refractivity contribution >= 4 is 61.5 Å². The number of sulfonamides is 1. The zero-order valence-corrected chi connectivity index (χ0v) is 16.8. The second-order valence-electron chi connectivity index (χ2n) is 4.95. The summed E-state index contributed by atoms with van der Waals surface area (Å²) in [4.78, 5) is 5.10. The summed E-state index contributed by atoms with van der Waals surface area (Å²) in [6.45, 7) is 0. The van der Waals surface area contributed by atoms with Crippen LogP contribution in [-0.2, 0) is 10.0 Å². The molecule has 0 aliphatic rings. The van der Waals surface area contributed by atoms with Crippen molar-refractivity contribution in [2.75, 3.05) is 11.0 Å². The Hall–Kier alpha value is -1.25. The number of rotatable bonds is 5. The molecule has 0 atom stereocenters. The molecular formula is C16H12Cl2N2O2S3. The highest BCUT2D eigenvalue weighted by molar-refractivity contribution is 7.99. The van der Waals surface area contributed by atoms with E-state index in [0.717, 1.165) is 5.56 Å². The number of aromatic nitrogens is 1. The molecule has 0 aliphatic carbocycles. The number of thioether (sulfide) groups is 1. The molecule has 0 saturated carbocycles. The number of thiazole rings is 1. The molecule has 0 fully saturated rings. The van der Waals surface area contributed by atoms with Gasteiger partial charge in [-0.15, -0.1) is 23.1 Å². The van der Waals surface area contributed by atoms with Gasteiger partial charge in [-0.05, 0) is 36.6 Å². The van der Waals surface area contributed by atoms with Gasteiger partial charge in [0.15, 0.2) is 5.13 Å². The number of anilines is 1. The lowest BCUT2D eigenvalue weighted by Crippen LogP contribution is -2.13. The van der Waals surface area contributed by atoms with E-state index >= 15 is 0 Å². The summed E-state index contributed by atoms with van der Waals surface area (Å²) >= 11 is 14.4. The average Bonchev–Trinajstić information content (AvgIpc) is 3.03. The topological polar surface area (TPSA) is 59.1 Å². The summed E-state index contributed by atoms with van der Waals surface area (Å²) in [5.74, 6) is 0. The van der Waals surface area contributed by atoms with Crippen LogP contribution in [0.15, 0.2) is 57.6 Å². The molecule has 9 heteroatoms. The van der Waals surface area contributed by atoms with E-state index in [-0.39, 0.29) is 10.0 Å². The van der Waals surface area contributed by atoms with Crippen molar-refractivity contribution in [2.45, 2.75) is 9.79 Å². The molecule has 3 aromatic rings. The molecular weight excluding hydrogens is 419 g/mol. The van der Waals surface area contributed by atoms with Crippen molar-refractivity contribution in [3.05, 3.63) is 57.9 Å². The van der Waals surface area contributed by atoms with Crippen LogP contribution in [0, 0.1) is 0 Å². The Bertz CT molecular complexity index is 1000. The van der Waals surface area contributed by atoms with Crippen LogP contribution in [0.2, 0.25) is 10.0 Å². The Morgan fingerprint density at radius 3 is 2.44 bits per heavy atom. The first-order valence-corrected chi connectivity index (χ1v) is 11.3. The Labute approximate surface area is 164 Å². The van der Waals surface area contributed by atoms with E-state index in [0.29, 0.717) is 20.6 Å². The highest BCUT2D eigenvalue weighted by Gasteiger charge is 2.20. The van der Waals surface area contributed by atoms with Crippen LogP contribution in [-0.4, -0.2) is 19.7 Å². The molecule has 0 bridgehead atoms. The van der Waals surface area contributed by atoms with Crippen LogP contribution in [0.4, 0.5) is 5.13 Å². The van der Waals surface area contributed by atoms with Crippen LogP contribution in [0.3, 0.4) is 0 Å². The van der Waals surface area contributed by atoms with Gasteiger partial charge in [-0.3, -0.25) is 4.72 Å². The predicted octanol–water partition coefficient (Wildman–Crippen LogP) is 5.64. The Morgan fingerprint density at radius 2 is 1.76 bits per heavy atom. The zero-order chi connectivity index (χ0) is 18.0. The van der Waals surface area contributed by atoms with E-state index in [1.165, 1.54) is 29.2 Å². The largest absolute Gasteiger partial charge is 0.264 e. The SMILES string of the molecule is CSc1ccc(Cl)cc1S(=O)(=O)Nc1nc(-c2ccc(Cl)cc2)cs1. The summed E-state index contributed by atoms with van der Waals surface area (Å²) in [6, 6.07) is 12.0. The minimum Gasteiger partial charge on any atom is -0.255 e. The van der Waals surface area contributed by atoms with Crippen molar-refractivity contribution in [1.82, 2.24) is 4.98 Å². The van der Waals surface area contributed by atoms with Crippen molar-refractivity contribution < 1.29 is 8.42 Å². The maximum Gasteiger partial charge on any atom is 0.264 e. The minimum absolute atomic E-state index is 0.135. The first-order valence-electron chi connectivity index (χ1n) is 6.97. The maximum absolute atomic E-state index is 12.7. The van der Waals surface area contributed by atoms with E-state index in [1.807, 2.05) is 18.4 Å². The van der Waals surface area contributed by atoms with E-state index < -0.39 is 10.0 Å². The lowest BCUT2D eigenvalue weighted by Gasteiger charge is -2.09. The van der Waals surface area contributed by atoms with Crippen molar-refractivity contribution in [3.8, 4) is 11.3 Å². The lowest BCUT2D eigenvalue weighted by molar-refractivity contribution is 0.599. The van der Waals surface area contributed by atoms with Crippen LogP contribution in [0.1, 0.15) is 0 Å². The molecule has 1 aromatic heterocycles. The molecule has 0 aliphatic heterocycles. The number of benzene rings is 2. The number of nitrogens with zero attached hydrogens (tertiary/aromatic N) is 1. The van der Waals surface area contributed by atoms with E-state index in [2.05, 4.69) is 9.71 Å². The fraction of sp³-hybridized carbons (Fsp3) is 0.0625. The molecule has 2 aromatic carbocycles. The van der Waals surface area contributed by atoms with Gasteiger partial charge >= 0.3 is 0 Å². The van der Waals surface area contributed by atoms with E-state index in [4.69, 9.17) is 23.2 Å². The zero-order valence-electron chi connectivity index (χ0n) is 12.9. The van der Waals surface area contributed by atoms with Gasteiger partial charge in [0.2, 0.25) is 0 Å². The highest BCUT2D eigenvalue weighted by Crippen LogP contribution is 2.31. The van der Waals surface area contributed by atoms with Crippen LogP contribution in [0.5, 0.6) is 0 Å². The van der Waals surface area contributed by atoms with Gasteiger partial charge in [0.1, 0.15) is 4.90 Å². The van der Waals surface area contributed by atoms with E-state index in [1.54, 1.807) is 29.6 Å². The second-order valence-corrected chi connectivity index (χ2v) is 9.18. The van der Waals surface area contributed by atoms with Gasteiger partial charge in [0.25, 0.3) is 10.0 Å². The third kappa shape index (κ3) is 4.30. The summed E-state index contributed by atoms with van der Waals surface area (Å²) in [5, 5.41) is 3.07. The molecule has 1 N–H and O–H groups in total. The quantitative estimate of drug-likeness (QED) is 0.531. The maximum atomic E-state index is 12.7. The molecule has 0 saturated heterocycles. The summed E-state index contributed by atoms with van der Waals surface area (Å²) in [6.07, 6.45) is 1.81. The lowest BCUT2D eigenvalue weighted by atomic mass is 10.2. The monoisotopic (exact) mass is 430 g/mol. The third-order valence-corrected chi connectivity index (χ3v) is 6.96. The van der Waals surface area contributed by atoms with Gasteiger partial charge in [-0.25, -0.2) is 13.4 Å². The average molecular weight is 431 g/mol. The fourth-order valence-corrected chi connectivity index (χ4v) is 5.60. The Morgan fingerprint density at radius 1 is 1.08 bits per heavy atom. The molecule has 3 rings (SSSR count). The summed E-state index contributed by atoms with van der Waals surface area (Å²) in [5.41, 5.74) is 1.54. The van der Waals surface area contributed by atoms with Gasteiger partial charge < -0.3 is 0 Å². The minimum atomic E-state index is -3.78. The number of hydrogen-bond acceptors (Lipinski definition) is 5. The molecule has 0 radical (unpaired) electrons. The second kappa shape index (κ2) is 7.55. The van der Waals surface area contributed by atoms with Crippen molar-refractivity contribution in [1.29, 1.82) is 0 Å². The van der Waals surface area contributed by atoms with Gasteiger partial charge in [-0.1, -0.05) is 35.3 Å². The van der Waals surface area contributed by atoms with Gasteiger partial charge in [0.05, 0.1) is 5.69 Å². The number of nitrogens with one attached hydrogen (secondary N) is 1. The molecule has 0 spiro atoms. The fourth-order valence-electron chi connectivity index (χ4n) is 2.10. The van der Waals surface area contributed by atoms with Crippen LogP contribution < -0.4 is 4.72 Å². The normalized spacial score (nSPS) is 11.5. The highest BCUT2D eigenvalue weighted by atomic mass is 35.5. The summed E-state index contributed by atoms with van der Waals surface area (Å²) < 4.78 is 27.9. The van der Waals surface area contributed by atoms with Crippen molar-refractivity contribution in [3.63, 3.8) is 0 Å². The Kier molecular flexibility index (Phi) is 5.60. The molecule has 0 unspecified atom stereocenters. The van der Waals surface area contributed by atoms with Crippen LogP contribution in [0.25, 0.3) is 11.3 Å². The first-order chi connectivity index (χ1) is 11.9. The molecule has 1 heterocycles. The molecule has 0 amide bonds. The van der Waals surface area contributed by atoms with E-state index in [9.17, 15) is 8.42 Å². The smallest absolute Gasteiger partial charge is 0.255 e. The van der Waals surface area contributed by atoms with Crippen LogP contribution >= 0.6 is 46.3 Å². The van der Waals surface area contributed by atoms with Crippen molar-refractivity contribution in [2.24, 2.45) is 0 Å². The molecule has 130 valence electrons. The number of hydrogen-bond donors (Lipinski definition) is 1. The standard InChI is InChI=1S/C16H12Cl2N2O2S3/c1-23-14-7-6-12(18)8-15(14)25(21,22)20-16-19-13(9-24-16)10-2-4-11(17)5-3-10/h2-9H,1H3,(H,19,20). The van der Waals surface area contributed by atoms with Gasteiger partial charge in [0, 0.05) is 25.9 Å². The number of halogens is 2. The third-order valence-electron chi connectivity index (χ3n) is 3.28. The summed E-state index contributed by atoms with van der Waals surface area (Å²) in [7, 11) is -3.78. The molecule has 4 nitrogen and oxygen atoms in total. The Balaban J connectivity index is 1.90. The molecule has 25 heavy (non-hydrogen) atoms. The first kappa shape index (κ1) is 18.5. The predicted molar refractivity (Wildman–Crippen MR) is 107 cm³/mol.